The van der Waals surface area contributed by atoms with Gasteiger partial charge in [-0.15, -0.1) is 21.5 Å². The van der Waals surface area contributed by atoms with E-state index in [9.17, 15) is 0 Å². The van der Waals surface area contributed by atoms with E-state index < -0.39 is 0 Å². The highest BCUT2D eigenvalue weighted by atomic mass is 32.1. The van der Waals surface area contributed by atoms with E-state index in [0.717, 1.165) is 22.3 Å². The number of nitrogens with one attached hydrogen (secondary N) is 1. The summed E-state index contributed by atoms with van der Waals surface area (Å²) >= 11 is 3.36. The van der Waals surface area contributed by atoms with Crippen molar-refractivity contribution in [3.8, 4) is 0 Å². The molecule has 20 heavy (non-hydrogen) atoms. The van der Waals surface area contributed by atoms with Gasteiger partial charge in [-0.05, 0) is 5.92 Å². The zero-order valence-electron chi connectivity index (χ0n) is 12.7. The molecule has 2 rings (SSSR count). The van der Waals surface area contributed by atoms with Gasteiger partial charge in [0, 0.05) is 17.2 Å². The van der Waals surface area contributed by atoms with Gasteiger partial charge >= 0.3 is 0 Å². The van der Waals surface area contributed by atoms with E-state index in [4.69, 9.17) is 0 Å². The molecule has 2 heterocycles. The van der Waals surface area contributed by atoms with Gasteiger partial charge < -0.3 is 5.32 Å². The summed E-state index contributed by atoms with van der Waals surface area (Å²) in [6.07, 6.45) is 0.990. The Morgan fingerprint density at radius 1 is 1.25 bits per heavy atom. The molecule has 0 fully saturated rings. The summed E-state index contributed by atoms with van der Waals surface area (Å²) in [5.74, 6) is 0.615. The van der Waals surface area contributed by atoms with Crippen molar-refractivity contribution in [1.29, 1.82) is 0 Å². The molecule has 0 aliphatic carbocycles. The number of aromatic nitrogens is 3. The van der Waals surface area contributed by atoms with Gasteiger partial charge in [0.05, 0.1) is 17.2 Å². The van der Waals surface area contributed by atoms with E-state index in [1.807, 2.05) is 0 Å². The van der Waals surface area contributed by atoms with Crippen LogP contribution in [-0.2, 0) is 18.4 Å². The highest BCUT2D eigenvalue weighted by molar-refractivity contribution is 7.15. The zero-order valence-corrected chi connectivity index (χ0v) is 14.4. The predicted molar refractivity (Wildman–Crippen MR) is 86.6 cm³/mol. The minimum absolute atomic E-state index is 0.121. The molecule has 0 atom stereocenters. The fraction of sp³-hybridized carbons (Fsp3) is 0.643. The normalized spacial score (nSPS) is 12.1. The Morgan fingerprint density at radius 3 is 2.60 bits per heavy atom. The SMILES string of the molecule is CC(C)Cc1nnc(NCc2csc(C(C)(C)C)n2)s1. The molecule has 0 bridgehead atoms. The monoisotopic (exact) mass is 310 g/mol. The van der Waals surface area contributed by atoms with Crippen LogP contribution in [-0.4, -0.2) is 15.2 Å². The van der Waals surface area contributed by atoms with E-state index in [-0.39, 0.29) is 5.41 Å². The lowest BCUT2D eigenvalue weighted by molar-refractivity contribution is 0.583. The van der Waals surface area contributed by atoms with Crippen molar-refractivity contribution in [3.63, 3.8) is 0 Å². The summed E-state index contributed by atoms with van der Waals surface area (Å²) in [6.45, 7) is 11.7. The van der Waals surface area contributed by atoms with Crippen LogP contribution in [0.4, 0.5) is 5.13 Å². The fourth-order valence-electron chi connectivity index (χ4n) is 1.66. The summed E-state index contributed by atoms with van der Waals surface area (Å²) in [5.41, 5.74) is 1.19. The number of hydrogen-bond acceptors (Lipinski definition) is 6. The fourth-order valence-corrected chi connectivity index (χ4v) is 3.51. The summed E-state index contributed by atoms with van der Waals surface area (Å²) in [5, 5.41) is 16.9. The molecule has 1 N–H and O–H groups in total. The number of anilines is 1. The Hall–Kier alpha value is -1.01. The second-order valence-electron chi connectivity index (χ2n) is 6.35. The highest BCUT2D eigenvalue weighted by Gasteiger charge is 2.17. The predicted octanol–water partition coefficient (Wildman–Crippen LogP) is 4.10. The van der Waals surface area contributed by atoms with E-state index in [1.54, 1.807) is 22.7 Å². The lowest BCUT2D eigenvalue weighted by Crippen LogP contribution is -2.11. The van der Waals surface area contributed by atoms with E-state index >= 15 is 0 Å². The van der Waals surface area contributed by atoms with Crippen LogP contribution in [0, 0.1) is 5.92 Å². The summed E-state index contributed by atoms with van der Waals surface area (Å²) < 4.78 is 0. The first-order chi connectivity index (χ1) is 9.34. The van der Waals surface area contributed by atoms with Crippen molar-refractivity contribution < 1.29 is 0 Å². The van der Waals surface area contributed by atoms with Gasteiger partial charge in [0.15, 0.2) is 0 Å². The Kier molecular flexibility index (Phi) is 4.75. The number of nitrogens with zero attached hydrogens (tertiary/aromatic N) is 3. The molecule has 4 nitrogen and oxygen atoms in total. The third-order valence-corrected chi connectivity index (χ3v) is 4.88. The molecule has 0 saturated carbocycles. The lowest BCUT2D eigenvalue weighted by atomic mass is 9.98. The van der Waals surface area contributed by atoms with Gasteiger partial charge in [0.1, 0.15) is 5.01 Å². The third-order valence-electron chi connectivity index (χ3n) is 2.66. The first kappa shape index (κ1) is 15.4. The van der Waals surface area contributed by atoms with Crippen molar-refractivity contribution in [1.82, 2.24) is 15.2 Å². The van der Waals surface area contributed by atoms with Crippen molar-refractivity contribution >= 4 is 27.8 Å². The number of rotatable bonds is 5. The van der Waals surface area contributed by atoms with Crippen molar-refractivity contribution in [3.05, 3.63) is 21.1 Å². The Bertz CT molecular complexity index is 552. The molecule has 0 unspecified atom stereocenters. The molecule has 6 heteroatoms. The molecule has 2 aromatic heterocycles. The Morgan fingerprint density at radius 2 is 2.00 bits per heavy atom. The second kappa shape index (κ2) is 6.18. The summed E-state index contributed by atoms with van der Waals surface area (Å²) in [6, 6.07) is 0. The van der Waals surface area contributed by atoms with Crippen LogP contribution < -0.4 is 5.32 Å². The quantitative estimate of drug-likeness (QED) is 0.903. The molecule has 0 spiro atoms. The maximum atomic E-state index is 4.66. The average molecular weight is 310 g/mol. The minimum atomic E-state index is 0.121. The van der Waals surface area contributed by atoms with Gasteiger partial charge in [-0.3, -0.25) is 0 Å². The molecule has 0 saturated heterocycles. The average Bonchev–Trinajstić information content (AvgIpc) is 2.93. The maximum absolute atomic E-state index is 4.66. The van der Waals surface area contributed by atoms with Gasteiger partial charge in [-0.25, -0.2) is 4.98 Å². The van der Waals surface area contributed by atoms with Crippen LogP contribution in [0.3, 0.4) is 0 Å². The topological polar surface area (TPSA) is 50.7 Å². The van der Waals surface area contributed by atoms with Crippen LogP contribution in [0.15, 0.2) is 5.38 Å². The lowest BCUT2D eigenvalue weighted by Gasteiger charge is -2.13. The van der Waals surface area contributed by atoms with Crippen molar-refractivity contribution in [2.45, 2.75) is 53.0 Å². The van der Waals surface area contributed by atoms with Gasteiger partial charge in [0.2, 0.25) is 5.13 Å². The van der Waals surface area contributed by atoms with Gasteiger partial charge in [-0.1, -0.05) is 46.0 Å². The van der Waals surface area contributed by atoms with Crippen LogP contribution >= 0.6 is 22.7 Å². The maximum Gasteiger partial charge on any atom is 0.205 e. The van der Waals surface area contributed by atoms with Gasteiger partial charge in [0.25, 0.3) is 0 Å². The van der Waals surface area contributed by atoms with Crippen LogP contribution in [0.5, 0.6) is 0 Å². The van der Waals surface area contributed by atoms with E-state index in [1.165, 1.54) is 5.01 Å². The Labute approximate surface area is 128 Å². The summed E-state index contributed by atoms with van der Waals surface area (Å²) in [4.78, 5) is 4.66. The standard InChI is InChI=1S/C14H22N4S2/c1-9(2)6-11-17-18-13(20-11)15-7-10-8-19-12(16-10)14(3,4)5/h8-9H,6-7H2,1-5H3,(H,15,18). The first-order valence-electron chi connectivity index (χ1n) is 6.85. The first-order valence-corrected chi connectivity index (χ1v) is 8.55. The van der Waals surface area contributed by atoms with E-state index in [2.05, 4.69) is 60.5 Å². The molecule has 0 aromatic carbocycles. The van der Waals surface area contributed by atoms with Crippen LogP contribution in [0.2, 0.25) is 0 Å². The molecule has 0 aliphatic rings. The smallest absolute Gasteiger partial charge is 0.205 e. The van der Waals surface area contributed by atoms with Crippen LogP contribution in [0.1, 0.15) is 50.3 Å². The van der Waals surface area contributed by atoms with E-state index in [0.29, 0.717) is 12.5 Å². The van der Waals surface area contributed by atoms with Crippen LogP contribution in [0.25, 0.3) is 0 Å². The molecule has 110 valence electrons. The van der Waals surface area contributed by atoms with Crippen molar-refractivity contribution in [2.24, 2.45) is 5.92 Å². The second-order valence-corrected chi connectivity index (χ2v) is 8.27. The Balaban J connectivity index is 1.92. The molecule has 0 aliphatic heterocycles. The number of hydrogen-bond donors (Lipinski definition) is 1. The summed E-state index contributed by atoms with van der Waals surface area (Å²) in [7, 11) is 0. The third kappa shape index (κ3) is 4.24. The largest absolute Gasteiger partial charge is 0.354 e. The molecular weight excluding hydrogens is 288 g/mol. The molecule has 0 radical (unpaired) electrons. The van der Waals surface area contributed by atoms with Gasteiger partial charge in [-0.2, -0.15) is 0 Å². The molecule has 0 amide bonds. The molecule has 2 aromatic rings. The molecular formula is C14H22N4S2. The zero-order chi connectivity index (χ0) is 14.8. The number of thiazole rings is 1. The minimum Gasteiger partial charge on any atom is -0.354 e. The highest BCUT2D eigenvalue weighted by Crippen LogP contribution is 2.26. The van der Waals surface area contributed by atoms with Crippen molar-refractivity contribution in [2.75, 3.05) is 5.32 Å².